The van der Waals surface area contributed by atoms with E-state index in [1.807, 2.05) is 11.8 Å². The van der Waals surface area contributed by atoms with E-state index in [1.165, 1.54) is 24.3 Å². The summed E-state index contributed by atoms with van der Waals surface area (Å²) in [5, 5.41) is 0. The molecule has 0 radical (unpaired) electrons. The fraction of sp³-hybridized carbons (Fsp3) is 0.818. The summed E-state index contributed by atoms with van der Waals surface area (Å²) in [7, 11) is 0. The van der Waals surface area contributed by atoms with Crippen LogP contribution in [0.4, 0.5) is 0 Å². The third-order valence-corrected chi connectivity index (χ3v) is 4.60. The number of rotatable bonds is 1. The Kier molecular flexibility index (Phi) is 3.26. The van der Waals surface area contributed by atoms with Crippen molar-refractivity contribution in [3.8, 4) is 0 Å². The maximum absolute atomic E-state index is 11.3. The highest BCUT2D eigenvalue weighted by Gasteiger charge is 2.32. The lowest BCUT2D eigenvalue weighted by molar-refractivity contribution is -0.139. The molecule has 0 amide bonds. The van der Waals surface area contributed by atoms with Crippen LogP contribution in [0.3, 0.4) is 0 Å². The summed E-state index contributed by atoms with van der Waals surface area (Å²) in [6.07, 6.45) is 4.54. The molecular weight excluding hydrogens is 196 g/mol. The average molecular weight is 212 g/mol. The topological polar surface area (TPSA) is 34.1 Å². The van der Waals surface area contributed by atoms with Gasteiger partial charge in [-0.3, -0.25) is 9.59 Å². The van der Waals surface area contributed by atoms with Gasteiger partial charge in [-0.05, 0) is 42.6 Å². The van der Waals surface area contributed by atoms with E-state index >= 15 is 0 Å². The Hall–Kier alpha value is -0.310. The molecule has 1 heterocycles. The molecule has 1 aliphatic carbocycles. The minimum absolute atomic E-state index is 0.114. The second kappa shape index (κ2) is 4.47. The lowest BCUT2D eigenvalue weighted by Crippen LogP contribution is -2.31. The first kappa shape index (κ1) is 10.2. The van der Waals surface area contributed by atoms with Crippen molar-refractivity contribution in [2.24, 2.45) is 11.8 Å². The van der Waals surface area contributed by atoms with Crippen LogP contribution in [0.15, 0.2) is 0 Å². The van der Waals surface area contributed by atoms with Gasteiger partial charge in [0.2, 0.25) is 0 Å². The highest BCUT2D eigenvalue weighted by molar-refractivity contribution is 7.99. The van der Waals surface area contributed by atoms with E-state index in [0.717, 1.165) is 6.42 Å². The van der Waals surface area contributed by atoms with Gasteiger partial charge in [0.15, 0.2) is 11.6 Å². The van der Waals surface area contributed by atoms with E-state index in [4.69, 9.17) is 0 Å². The summed E-state index contributed by atoms with van der Waals surface area (Å²) in [6, 6.07) is 0. The largest absolute Gasteiger partial charge is 0.291 e. The molecule has 1 saturated carbocycles. The Morgan fingerprint density at radius 1 is 1.07 bits per heavy atom. The van der Waals surface area contributed by atoms with Gasteiger partial charge >= 0.3 is 0 Å². The number of thioether (sulfide) groups is 1. The van der Waals surface area contributed by atoms with Crippen LogP contribution in [0.5, 0.6) is 0 Å². The Morgan fingerprint density at radius 2 is 1.93 bits per heavy atom. The van der Waals surface area contributed by atoms with E-state index in [-0.39, 0.29) is 11.6 Å². The number of carbonyl (C=O) groups is 2. The monoisotopic (exact) mass is 212 g/mol. The standard InChI is InChI=1S/C11H16O2S/c12-10-4-3-8(6-11(10)13)9-2-1-5-14-7-9/h8-9H,1-7H2. The third-order valence-electron chi connectivity index (χ3n) is 3.36. The van der Waals surface area contributed by atoms with Crippen LogP contribution < -0.4 is 0 Å². The molecule has 2 nitrogen and oxygen atoms in total. The summed E-state index contributed by atoms with van der Waals surface area (Å²) < 4.78 is 0. The first-order valence-electron chi connectivity index (χ1n) is 5.41. The molecule has 0 N–H and O–H groups in total. The molecule has 0 aromatic carbocycles. The van der Waals surface area contributed by atoms with Crippen molar-refractivity contribution >= 4 is 23.3 Å². The molecule has 2 unspecified atom stereocenters. The minimum Gasteiger partial charge on any atom is -0.291 e. The summed E-state index contributed by atoms with van der Waals surface area (Å²) in [4.78, 5) is 22.4. The smallest absolute Gasteiger partial charge is 0.198 e. The fourth-order valence-electron chi connectivity index (χ4n) is 2.45. The molecule has 2 rings (SSSR count). The van der Waals surface area contributed by atoms with Crippen LogP contribution in [-0.2, 0) is 9.59 Å². The third kappa shape index (κ3) is 2.19. The van der Waals surface area contributed by atoms with Crippen LogP contribution in [0.1, 0.15) is 32.1 Å². The zero-order valence-electron chi connectivity index (χ0n) is 8.33. The van der Waals surface area contributed by atoms with E-state index in [9.17, 15) is 9.59 Å². The molecule has 0 bridgehead atoms. The predicted molar refractivity (Wildman–Crippen MR) is 57.4 cm³/mol. The zero-order chi connectivity index (χ0) is 9.97. The molecule has 2 atom stereocenters. The van der Waals surface area contributed by atoms with Gasteiger partial charge in [0, 0.05) is 12.8 Å². The summed E-state index contributed by atoms with van der Waals surface area (Å²) >= 11 is 2.00. The van der Waals surface area contributed by atoms with Crippen LogP contribution in [0.25, 0.3) is 0 Å². The van der Waals surface area contributed by atoms with Gasteiger partial charge in [0.25, 0.3) is 0 Å². The Bertz CT molecular complexity index is 244. The molecule has 1 saturated heterocycles. The molecule has 14 heavy (non-hydrogen) atoms. The van der Waals surface area contributed by atoms with Crippen LogP contribution in [-0.4, -0.2) is 23.1 Å². The van der Waals surface area contributed by atoms with Gasteiger partial charge < -0.3 is 0 Å². The normalized spacial score (nSPS) is 34.6. The number of ketones is 2. The summed E-state index contributed by atoms with van der Waals surface area (Å²) in [5.74, 6) is 3.43. The number of hydrogen-bond donors (Lipinski definition) is 0. The van der Waals surface area contributed by atoms with Gasteiger partial charge in [0.05, 0.1) is 0 Å². The molecule has 2 fully saturated rings. The van der Waals surface area contributed by atoms with E-state index < -0.39 is 0 Å². The van der Waals surface area contributed by atoms with Crippen molar-refractivity contribution in [1.82, 2.24) is 0 Å². The molecule has 0 aromatic rings. The highest BCUT2D eigenvalue weighted by Crippen LogP contribution is 2.35. The minimum atomic E-state index is -0.135. The first-order chi connectivity index (χ1) is 6.77. The summed E-state index contributed by atoms with van der Waals surface area (Å²) in [5.41, 5.74) is 0. The van der Waals surface area contributed by atoms with E-state index in [1.54, 1.807) is 0 Å². The van der Waals surface area contributed by atoms with Crippen molar-refractivity contribution in [2.45, 2.75) is 32.1 Å². The maximum Gasteiger partial charge on any atom is 0.198 e. The molecule has 3 heteroatoms. The van der Waals surface area contributed by atoms with Gasteiger partial charge in [-0.2, -0.15) is 11.8 Å². The number of carbonyl (C=O) groups excluding carboxylic acids is 2. The van der Waals surface area contributed by atoms with Gasteiger partial charge in [-0.15, -0.1) is 0 Å². The first-order valence-corrected chi connectivity index (χ1v) is 6.56. The molecule has 78 valence electrons. The summed E-state index contributed by atoms with van der Waals surface area (Å²) in [6.45, 7) is 0. The van der Waals surface area contributed by atoms with Crippen molar-refractivity contribution in [3.05, 3.63) is 0 Å². The zero-order valence-corrected chi connectivity index (χ0v) is 9.15. The quantitative estimate of drug-likeness (QED) is 0.624. The molecule has 2 aliphatic rings. The van der Waals surface area contributed by atoms with E-state index in [2.05, 4.69) is 0 Å². The molecule has 0 aromatic heterocycles. The predicted octanol–water partition coefficient (Wildman–Crippen LogP) is 2.07. The second-order valence-corrected chi connectivity index (χ2v) is 5.48. The highest BCUT2D eigenvalue weighted by atomic mass is 32.2. The Balaban J connectivity index is 1.91. The number of Topliss-reactive ketones (excluding diaryl/α,β-unsaturated/α-hetero) is 2. The lowest BCUT2D eigenvalue weighted by Gasteiger charge is -2.31. The van der Waals surface area contributed by atoms with Crippen molar-refractivity contribution < 1.29 is 9.59 Å². The lowest BCUT2D eigenvalue weighted by atomic mass is 9.78. The van der Waals surface area contributed by atoms with Crippen LogP contribution in [0, 0.1) is 11.8 Å². The van der Waals surface area contributed by atoms with Crippen molar-refractivity contribution in [1.29, 1.82) is 0 Å². The Morgan fingerprint density at radius 3 is 2.57 bits per heavy atom. The second-order valence-electron chi connectivity index (χ2n) is 4.33. The van der Waals surface area contributed by atoms with Crippen LogP contribution in [0.2, 0.25) is 0 Å². The molecular formula is C11H16O2S. The molecule has 0 spiro atoms. The Labute approximate surface area is 88.8 Å². The maximum atomic E-state index is 11.3. The average Bonchev–Trinajstić information content (AvgIpc) is 2.23. The van der Waals surface area contributed by atoms with Crippen molar-refractivity contribution in [3.63, 3.8) is 0 Å². The van der Waals surface area contributed by atoms with Gasteiger partial charge in [0.1, 0.15) is 0 Å². The SMILES string of the molecule is O=C1CCC(C2CCCSC2)CC1=O. The molecule has 1 aliphatic heterocycles. The van der Waals surface area contributed by atoms with Gasteiger partial charge in [-0.25, -0.2) is 0 Å². The number of hydrogen-bond acceptors (Lipinski definition) is 3. The fourth-order valence-corrected chi connectivity index (χ4v) is 3.73. The van der Waals surface area contributed by atoms with Crippen LogP contribution >= 0.6 is 11.8 Å². The van der Waals surface area contributed by atoms with E-state index in [0.29, 0.717) is 24.7 Å². The van der Waals surface area contributed by atoms with Crippen molar-refractivity contribution in [2.75, 3.05) is 11.5 Å². The van der Waals surface area contributed by atoms with Gasteiger partial charge in [-0.1, -0.05) is 0 Å².